The van der Waals surface area contributed by atoms with E-state index >= 15 is 0 Å². The Kier molecular flexibility index (Phi) is 2.76. The van der Waals surface area contributed by atoms with Gasteiger partial charge in [-0.2, -0.15) is 5.10 Å². The molecule has 0 aliphatic heterocycles. The molecular formula is C8H7Cl2N3S. The molecule has 74 valence electrons. The van der Waals surface area contributed by atoms with Gasteiger partial charge in [-0.05, 0) is 12.5 Å². The van der Waals surface area contributed by atoms with Crippen LogP contribution in [0, 0.1) is 6.92 Å². The lowest BCUT2D eigenvalue weighted by Gasteiger charge is -1.91. The highest BCUT2D eigenvalue weighted by Gasteiger charge is 2.09. The molecule has 2 rings (SSSR count). The molecule has 0 aromatic carbocycles. The Morgan fingerprint density at radius 2 is 2.36 bits per heavy atom. The van der Waals surface area contributed by atoms with Crippen molar-refractivity contribution in [3.8, 4) is 5.13 Å². The number of aromatic nitrogens is 3. The second-order valence-electron chi connectivity index (χ2n) is 2.81. The molecule has 0 saturated carbocycles. The number of hydrogen-bond acceptors (Lipinski definition) is 3. The van der Waals surface area contributed by atoms with Crippen LogP contribution in [0.3, 0.4) is 0 Å². The summed E-state index contributed by atoms with van der Waals surface area (Å²) in [5.41, 5.74) is 1.09. The van der Waals surface area contributed by atoms with Crippen molar-refractivity contribution in [3.05, 3.63) is 28.0 Å². The molecule has 6 heteroatoms. The Balaban J connectivity index is 2.42. The first-order valence-electron chi connectivity index (χ1n) is 3.93. The van der Waals surface area contributed by atoms with Gasteiger partial charge in [0.1, 0.15) is 5.15 Å². The molecule has 0 bridgehead atoms. The number of rotatable bonds is 2. The van der Waals surface area contributed by atoms with Gasteiger partial charge in [0.15, 0.2) is 0 Å². The number of hydrogen-bond donors (Lipinski definition) is 0. The minimum Gasteiger partial charge on any atom is -0.213 e. The lowest BCUT2D eigenvalue weighted by molar-refractivity contribution is 0.869. The first-order chi connectivity index (χ1) is 6.70. The highest BCUT2D eigenvalue weighted by Crippen LogP contribution is 2.26. The maximum atomic E-state index is 5.88. The molecular weight excluding hydrogens is 241 g/mol. The zero-order chi connectivity index (χ0) is 10.1. The molecule has 2 aromatic heterocycles. The van der Waals surface area contributed by atoms with Crippen LogP contribution in [0.4, 0.5) is 0 Å². The van der Waals surface area contributed by atoms with E-state index in [9.17, 15) is 0 Å². The van der Waals surface area contributed by atoms with Gasteiger partial charge in [0, 0.05) is 6.20 Å². The van der Waals surface area contributed by atoms with Crippen molar-refractivity contribution in [2.45, 2.75) is 12.8 Å². The van der Waals surface area contributed by atoms with Crippen LogP contribution in [0.2, 0.25) is 5.15 Å². The van der Waals surface area contributed by atoms with Crippen molar-refractivity contribution in [2.75, 3.05) is 0 Å². The van der Waals surface area contributed by atoms with E-state index in [1.54, 1.807) is 10.9 Å². The second kappa shape index (κ2) is 3.88. The third-order valence-corrected chi connectivity index (χ3v) is 3.56. The summed E-state index contributed by atoms with van der Waals surface area (Å²) in [5, 5.41) is 5.35. The Labute approximate surface area is 95.3 Å². The maximum Gasteiger partial charge on any atom is 0.212 e. The first-order valence-corrected chi connectivity index (χ1v) is 5.66. The molecule has 0 aliphatic rings. The number of nitrogens with zero attached hydrogens (tertiary/aromatic N) is 3. The normalized spacial score (nSPS) is 10.8. The maximum absolute atomic E-state index is 5.88. The fourth-order valence-electron chi connectivity index (χ4n) is 1.02. The average molecular weight is 248 g/mol. The largest absolute Gasteiger partial charge is 0.213 e. The number of halogens is 2. The molecule has 0 atom stereocenters. The van der Waals surface area contributed by atoms with Crippen molar-refractivity contribution in [1.82, 2.24) is 14.8 Å². The summed E-state index contributed by atoms with van der Waals surface area (Å²) < 4.78 is 1.70. The average Bonchev–Trinajstić information content (AvgIpc) is 2.71. The third kappa shape index (κ3) is 1.78. The van der Waals surface area contributed by atoms with Gasteiger partial charge in [0.2, 0.25) is 5.13 Å². The molecule has 2 heterocycles. The highest BCUT2D eigenvalue weighted by atomic mass is 35.5. The van der Waals surface area contributed by atoms with Crippen LogP contribution in [0.15, 0.2) is 12.4 Å². The standard InChI is InChI=1S/C8H7Cl2N3S/c1-5-3-11-13(4-5)8-12-7(10)6(2-9)14-8/h3-4H,2H2,1H3. The molecule has 0 spiro atoms. The van der Waals surface area contributed by atoms with E-state index in [2.05, 4.69) is 10.1 Å². The molecule has 0 N–H and O–H groups in total. The fourth-order valence-corrected chi connectivity index (χ4v) is 2.43. The van der Waals surface area contributed by atoms with Crippen molar-refractivity contribution >= 4 is 34.5 Å². The van der Waals surface area contributed by atoms with Gasteiger partial charge in [-0.15, -0.1) is 11.6 Å². The summed E-state index contributed by atoms with van der Waals surface area (Å²) in [7, 11) is 0. The minimum absolute atomic E-state index is 0.386. The van der Waals surface area contributed by atoms with E-state index in [-0.39, 0.29) is 0 Å². The molecule has 0 radical (unpaired) electrons. The van der Waals surface area contributed by atoms with E-state index in [0.29, 0.717) is 11.0 Å². The quantitative estimate of drug-likeness (QED) is 0.765. The SMILES string of the molecule is Cc1cnn(-c2nc(Cl)c(CCl)s2)c1. The first kappa shape index (κ1) is 9.96. The summed E-state index contributed by atoms with van der Waals surface area (Å²) in [5.74, 6) is 0.386. The molecule has 0 fully saturated rings. The summed E-state index contributed by atoms with van der Waals surface area (Å²) in [4.78, 5) is 5.04. The predicted octanol–water partition coefficient (Wildman–Crippen LogP) is 3.03. The van der Waals surface area contributed by atoms with Gasteiger partial charge in [0.05, 0.1) is 17.0 Å². The van der Waals surface area contributed by atoms with Gasteiger partial charge in [-0.1, -0.05) is 22.9 Å². The molecule has 14 heavy (non-hydrogen) atoms. The second-order valence-corrected chi connectivity index (χ2v) is 4.49. The van der Waals surface area contributed by atoms with E-state index in [1.807, 2.05) is 13.1 Å². The van der Waals surface area contributed by atoms with Crippen LogP contribution in [0.5, 0.6) is 0 Å². The monoisotopic (exact) mass is 247 g/mol. The number of alkyl halides is 1. The Morgan fingerprint density at radius 3 is 2.86 bits per heavy atom. The Bertz CT molecular complexity index is 449. The van der Waals surface area contributed by atoms with Crippen LogP contribution < -0.4 is 0 Å². The van der Waals surface area contributed by atoms with Crippen LogP contribution >= 0.6 is 34.5 Å². The van der Waals surface area contributed by atoms with Gasteiger partial charge >= 0.3 is 0 Å². The van der Waals surface area contributed by atoms with Crippen LogP contribution in [-0.4, -0.2) is 14.8 Å². The smallest absolute Gasteiger partial charge is 0.212 e. The van der Waals surface area contributed by atoms with E-state index in [0.717, 1.165) is 15.6 Å². The van der Waals surface area contributed by atoms with E-state index in [1.165, 1.54) is 11.3 Å². The van der Waals surface area contributed by atoms with Crippen molar-refractivity contribution in [1.29, 1.82) is 0 Å². The zero-order valence-corrected chi connectivity index (χ0v) is 9.70. The van der Waals surface area contributed by atoms with Crippen LogP contribution in [0.25, 0.3) is 5.13 Å². The van der Waals surface area contributed by atoms with Gasteiger partial charge in [0.25, 0.3) is 0 Å². The zero-order valence-electron chi connectivity index (χ0n) is 7.37. The van der Waals surface area contributed by atoms with E-state index in [4.69, 9.17) is 23.2 Å². The molecule has 0 amide bonds. The lowest BCUT2D eigenvalue weighted by atomic mass is 10.4. The topological polar surface area (TPSA) is 30.7 Å². The highest BCUT2D eigenvalue weighted by molar-refractivity contribution is 7.14. The Morgan fingerprint density at radius 1 is 1.57 bits per heavy atom. The summed E-state index contributed by atoms with van der Waals surface area (Å²) >= 11 is 13.0. The summed E-state index contributed by atoms with van der Waals surface area (Å²) in [6.07, 6.45) is 3.67. The minimum atomic E-state index is 0.386. The molecule has 0 unspecified atom stereocenters. The van der Waals surface area contributed by atoms with Crippen LogP contribution in [0.1, 0.15) is 10.4 Å². The molecule has 2 aromatic rings. The van der Waals surface area contributed by atoms with Crippen molar-refractivity contribution in [3.63, 3.8) is 0 Å². The lowest BCUT2D eigenvalue weighted by Crippen LogP contribution is -1.91. The fraction of sp³-hybridized carbons (Fsp3) is 0.250. The molecule has 0 saturated heterocycles. The number of thiazole rings is 1. The Hall–Kier alpha value is -0.580. The van der Waals surface area contributed by atoms with E-state index < -0.39 is 0 Å². The molecule has 3 nitrogen and oxygen atoms in total. The van der Waals surface area contributed by atoms with Crippen molar-refractivity contribution in [2.24, 2.45) is 0 Å². The van der Waals surface area contributed by atoms with Gasteiger partial charge in [-0.25, -0.2) is 9.67 Å². The predicted molar refractivity (Wildman–Crippen MR) is 58.5 cm³/mol. The van der Waals surface area contributed by atoms with Crippen molar-refractivity contribution < 1.29 is 0 Å². The molecule has 0 aliphatic carbocycles. The van der Waals surface area contributed by atoms with Gasteiger partial charge in [-0.3, -0.25) is 0 Å². The summed E-state index contributed by atoms with van der Waals surface area (Å²) in [6.45, 7) is 1.97. The number of aryl methyl sites for hydroxylation is 1. The van der Waals surface area contributed by atoms with Crippen LogP contribution in [-0.2, 0) is 5.88 Å². The summed E-state index contributed by atoms with van der Waals surface area (Å²) in [6, 6.07) is 0. The third-order valence-electron chi connectivity index (χ3n) is 1.67. The van der Waals surface area contributed by atoms with Gasteiger partial charge < -0.3 is 0 Å².